The Hall–Kier alpha value is -3.45. The van der Waals surface area contributed by atoms with Crippen molar-refractivity contribution in [3.05, 3.63) is 65.4 Å². The molecular weight excluding hydrogens is 412 g/mol. The lowest BCUT2D eigenvalue weighted by Crippen LogP contribution is -2.32. The molecule has 170 valence electrons. The summed E-state index contributed by atoms with van der Waals surface area (Å²) >= 11 is 0. The summed E-state index contributed by atoms with van der Waals surface area (Å²) in [7, 11) is 0. The Morgan fingerprint density at radius 2 is 2.03 bits per heavy atom. The number of hydrogen-bond acceptors (Lipinski definition) is 6. The van der Waals surface area contributed by atoms with Crippen molar-refractivity contribution in [2.45, 2.75) is 39.0 Å². The molecule has 4 N–H and O–H groups in total. The van der Waals surface area contributed by atoms with E-state index in [4.69, 9.17) is 0 Å². The lowest BCUT2D eigenvalue weighted by atomic mass is 9.95. The van der Waals surface area contributed by atoms with Crippen LogP contribution in [0, 0.1) is 12.8 Å². The van der Waals surface area contributed by atoms with Crippen LogP contribution in [-0.2, 0) is 17.6 Å². The molecule has 1 atom stereocenters. The van der Waals surface area contributed by atoms with Crippen molar-refractivity contribution in [3.8, 4) is 0 Å². The quantitative estimate of drug-likeness (QED) is 0.470. The van der Waals surface area contributed by atoms with Crippen molar-refractivity contribution in [1.82, 2.24) is 15.3 Å². The van der Waals surface area contributed by atoms with Gasteiger partial charge in [0.15, 0.2) is 0 Å². The number of hydrogen-bond donors (Lipinski definition) is 4. The Morgan fingerprint density at radius 1 is 1.12 bits per heavy atom. The molecule has 2 aliphatic heterocycles. The highest BCUT2D eigenvalue weighted by Crippen LogP contribution is 2.28. The fourth-order valence-electron chi connectivity index (χ4n) is 4.54. The number of benzene rings is 2. The second-order valence-electron chi connectivity index (χ2n) is 9.01. The number of carbonyl (C=O) groups excluding carboxylic acids is 1. The minimum atomic E-state index is 0.0889. The van der Waals surface area contributed by atoms with Gasteiger partial charge in [0.1, 0.15) is 5.82 Å². The number of carbonyl (C=O) groups is 1. The highest BCUT2D eigenvalue weighted by molar-refractivity contribution is 5.92. The second-order valence-corrected chi connectivity index (χ2v) is 9.01. The van der Waals surface area contributed by atoms with Gasteiger partial charge in [-0.25, -0.2) is 4.98 Å². The van der Waals surface area contributed by atoms with E-state index < -0.39 is 0 Å². The van der Waals surface area contributed by atoms with E-state index in [1.54, 1.807) is 0 Å². The Balaban J connectivity index is 1.43. The van der Waals surface area contributed by atoms with Crippen molar-refractivity contribution in [2.24, 2.45) is 5.92 Å². The second kappa shape index (κ2) is 9.58. The van der Waals surface area contributed by atoms with Crippen LogP contribution < -0.4 is 21.3 Å². The molecule has 7 heteroatoms. The van der Waals surface area contributed by atoms with E-state index in [2.05, 4.69) is 49.4 Å². The van der Waals surface area contributed by atoms with Crippen LogP contribution in [0.1, 0.15) is 36.0 Å². The van der Waals surface area contributed by atoms with E-state index in [1.807, 2.05) is 37.4 Å². The summed E-state index contributed by atoms with van der Waals surface area (Å²) in [6.07, 6.45) is 6.32. The molecule has 3 aromatic rings. The molecule has 0 unspecified atom stereocenters. The van der Waals surface area contributed by atoms with Gasteiger partial charge in [-0.3, -0.25) is 4.79 Å². The normalized spacial score (nSPS) is 17.4. The zero-order chi connectivity index (χ0) is 22.6. The molecule has 2 aromatic carbocycles. The average Bonchev–Trinajstić information content (AvgIpc) is 2.82. The molecule has 0 radical (unpaired) electrons. The van der Waals surface area contributed by atoms with Crippen molar-refractivity contribution < 1.29 is 4.79 Å². The summed E-state index contributed by atoms with van der Waals surface area (Å²) in [4.78, 5) is 21.9. The average molecular weight is 443 g/mol. The largest absolute Gasteiger partial charge is 0.340 e. The number of anilines is 5. The Morgan fingerprint density at radius 3 is 2.91 bits per heavy atom. The standard InChI is InChI=1S/C26H30N6O/c1-17-15-28-26-30-21-6-2-4-18(12-21)7-8-20-14-22(29-25(17)32-26)9-10-23(20)31-24(33)13-19-5-3-11-27-16-19/h2,4,6,9-10,12,14-15,19,27H,3,5,7-8,11,13,16H2,1H3,(H,31,33)(H2,28,29,30,32)/t19-/m0/s1. The van der Waals surface area contributed by atoms with Crippen LogP contribution in [-0.4, -0.2) is 29.0 Å². The molecular formula is C26H30N6O. The minimum Gasteiger partial charge on any atom is -0.340 e. The van der Waals surface area contributed by atoms with Gasteiger partial charge >= 0.3 is 0 Å². The lowest BCUT2D eigenvalue weighted by Gasteiger charge is -2.22. The van der Waals surface area contributed by atoms with Crippen molar-refractivity contribution in [1.29, 1.82) is 0 Å². The molecule has 1 aromatic heterocycles. The molecule has 3 heterocycles. The van der Waals surface area contributed by atoms with E-state index in [-0.39, 0.29) is 5.91 Å². The van der Waals surface area contributed by atoms with E-state index in [0.717, 1.165) is 72.8 Å². The topological polar surface area (TPSA) is 91.0 Å². The molecule has 0 aliphatic carbocycles. The van der Waals surface area contributed by atoms with Gasteiger partial charge in [0, 0.05) is 35.2 Å². The van der Waals surface area contributed by atoms with Crippen LogP contribution >= 0.6 is 0 Å². The number of rotatable bonds is 3. The lowest BCUT2D eigenvalue weighted by molar-refractivity contribution is -0.117. The number of fused-ring (bicyclic) bond motifs is 6. The summed E-state index contributed by atoms with van der Waals surface area (Å²) in [6, 6.07) is 14.4. The molecule has 1 saturated heterocycles. The maximum absolute atomic E-state index is 12.8. The molecule has 7 nitrogen and oxygen atoms in total. The molecule has 1 amide bonds. The molecule has 0 spiro atoms. The van der Waals surface area contributed by atoms with Crippen LogP contribution in [0.2, 0.25) is 0 Å². The minimum absolute atomic E-state index is 0.0889. The Kier molecular flexibility index (Phi) is 6.21. The van der Waals surface area contributed by atoms with Gasteiger partial charge in [-0.1, -0.05) is 12.1 Å². The maximum atomic E-state index is 12.8. The predicted molar refractivity (Wildman–Crippen MR) is 132 cm³/mol. The highest BCUT2D eigenvalue weighted by atomic mass is 16.1. The van der Waals surface area contributed by atoms with Gasteiger partial charge in [-0.2, -0.15) is 4.98 Å². The van der Waals surface area contributed by atoms with Gasteiger partial charge in [-0.05, 0) is 93.1 Å². The molecule has 1 fully saturated rings. The highest BCUT2D eigenvalue weighted by Gasteiger charge is 2.18. The van der Waals surface area contributed by atoms with Gasteiger partial charge in [0.2, 0.25) is 11.9 Å². The summed E-state index contributed by atoms with van der Waals surface area (Å²) in [5.41, 5.74) is 6.08. The summed E-state index contributed by atoms with van der Waals surface area (Å²) < 4.78 is 0. The van der Waals surface area contributed by atoms with Crippen molar-refractivity contribution in [3.63, 3.8) is 0 Å². The monoisotopic (exact) mass is 442 g/mol. The molecule has 6 bridgehead atoms. The third kappa shape index (κ3) is 5.31. The molecule has 2 aliphatic rings. The third-order valence-corrected chi connectivity index (χ3v) is 6.35. The first kappa shape index (κ1) is 21.4. The molecule has 33 heavy (non-hydrogen) atoms. The zero-order valence-corrected chi connectivity index (χ0v) is 18.9. The van der Waals surface area contributed by atoms with Crippen LogP contribution in [0.5, 0.6) is 0 Å². The first-order chi connectivity index (χ1) is 16.1. The Bertz CT molecular complexity index is 1160. The maximum Gasteiger partial charge on any atom is 0.229 e. The zero-order valence-electron chi connectivity index (χ0n) is 18.9. The number of amides is 1. The van der Waals surface area contributed by atoms with Crippen LogP contribution in [0.3, 0.4) is 0 Å². The smallest absolute Gasteiger partial charge is 0.229 e. The van der Waals surface area contributed by atoms with E-state index in [9.17, 15) is 4.79 Å². The Labute approximate surface area is 194 Å². The summed E-state index contributed by atoms with van der Waals surface area (Å²) in [5.74, 6) is 1.82. The molecule has 5 rings (SSSR count). The first-order valence-corrected chi connectivity index (χ1v) is 11.7. The van der Waals surface area contributed by atoms with Crippen molar-refractivity contribution in [2.75, 3.05) is 29.0 Å². The van der Waals surface area contributed by atoms with Gasteiger partial charge in [0.05, 0.1) is 0 Å². The van der Waals surface area contributed by atoms with Crippen LogP contribution in [0.15, 0.2) is 48.7 Å². The van der Waals surface area contributed by atoms with Crippen molar-refractivity contribution >= 4 is 34.7 Å². The fourth-order valence-corrected chi connectivity index (χ4v) is 4.54. The van der Waals surface area contributed by atoms with E-state index in [0.29, 0.717) is 18.3 Å². The van der Waals surface area contributed by atoms with E-state index >= 15 is 0 Å². The third-order valence-electron chi connectivity index (χ3n) is 6.35. The number of piperidine rings is 1. The first-order valence-electron chi connectivity index (χ1n) is 11.7. The number of nitrogens with one attached hydrogen (secondary N) is 4. The predicted octanol–water partition coefficient (Wildman–Crippen LogP) is 4.70. The fraction of sp³-hybridized carbons (Fsp3) is 0.346. The van der Waals surface area contributed by atoms with Gasteiger partial charge < -0.3 is 21.3 Å². The van der Waals surface area contributed by atoms with Gasteiger partial charge in [0.25, 0.3) is 0 Å². The molecule has 0 saturated carbocycles. The van der Waals surface area contributed by atoms with Crippen LogP contribution in [0.4, 0.5) is 28.8 Å². The SMILES string of the molecule is Cc1cnc2nc1Nc1ccc(NC(=O)C[C@@H]3CCCNC3)c(c1)CCc1cccc(c1)N2. The van der Waals surface area contributed by atoms with Crippen LogP contribution in [0.25, 0.3) is 0 Å². The summed E-state index contributed by atoms with van der Waals surface area (Å²) in [5, 5.41) is 13.3. The number of aryl methyl sites for hydroxylation is 3. The van der Waals surface area contributed by atoms with E-state index in [1.165, 1.54) is 5.56 Å². The van der Waals surface area contributed by atoms with Gasteiger partial charge in [-0.15, -0.1) is 0 Å². The summed E-state index contributed by atoms with van der Waals surface area (Å²) in [6.45, 7) is 3.97. The number of nitrogens with zero attached hydrogens (tertiary/aromatic N) is 2. The number of aromatic nitrogens is 2.